The van der Waals surface area contributed by atoms with Crippen LogP contribution < -0.4 is 4.74 Å². The number of benzene rings is 2. The molecule has 1 N–H and O–H groups in total. The van der Waals surface area contributed by atoms with Crippen molar-refractivity contribution < 1.29 is 19.4 Å². The lowest BCUT2D eigenvalue weighted by atomic mass is 9.93. The highest BCUT2D eigenvalue weighted by molar-refractivity contribution is 6.46. The van der Waals surface area contributed by atoms with Crippen molar-refractivity contribution in [2.75, 3.05) is 6.61 Å². The van der Waals surface area contributed by atoms with Crippen LogP contribution in [0.15, 0.2) is 72.6 Å². The van der Waals surface area contributed by atoms with Gasteiger partial charge in [-0.25, -0.2) is 0 Å². The second kappa shape index (κ2) is 9.28. The molecule has 1 aromatic heterocycles. The summed E-state index contributed by atoms with van der Waals surface area (Å²) < 4.78 is 5.54. The van der Waals surface area contributed by atoms with Crippen molar-refractivity contribution in [3.8, 4) is 5.75 Å². The van der Waals surface area contributed by atoms with Crippen LogP contribution in [0.2, 0.25) is 0 Å². The number of Topliss-reactive ketones (excluding diaryl/α,β-unsaturated/α-hetero) is 1. The van der Waals surface area contributed by atoms with Gasteiger partial charge in [0.05, 0.1) is 18.2 Å². The van der Waals surface area contributed by atoms with Crippen molar-refractivity contribution in [2.24, 2.45) is 0 Å². The molecule has 2 heterocycles. The molecule has 1 aliphatic rings. The fourth-order valence-corrected chi connectivity index (χ4v) is 4.13. The molecular weight excluding hydrogens is 416 g/mol. The number of aryl methyl sites for hydroxylation is 2. The average molecular weight is 443 g/mol. The average Bonchev–Trinajstić information content (AvgIpc) is 3.05. The van der Waals surface area contributed by atoms with E-state index in [0.717, 1.165) is 22.3 Å². The van der Waals surface area contributed by atoms with Crippen LogP contribution in [0, 0.1) is 13.8 Å². The van der Waals surface area contributed by atoms with Crippen LogP contribution in [-0.2, 0) is 16.1 Å². The van der Waals surface area contributed by atoms with E-state index in [1.165, 1.54) is 4.90 Å². The summed E-state index contributed by atoms with van der Waals surface area (Å²) in [6.45, 7) is 6.44. The zero-order valence-corrected chi connectivity index (χ0v) is 18.9. The maximum absolute atomic E-state index is 13.2. The molecule has 33 heavy (non-hydrogen) atoms. The fraction of sp³-hybridized carbons (Fsp3) is 0.222. The van der Waals surface area contributed by atoms with Crippen LogP contribution in [0.4, 0.5) is 0 Å². The molecule has 6 heteroatoms. The van der Waals surface area contributed by atoms with Crippen LogP contribution >= 0.6 is 0 Å². The Morgan fingerprint density at radius 2 is 1.85 bits per heavy atom. The van der Waals surface area contributed by atoms with Gasteiger partial charge in [0.1, 0.15) is 11.5 Å². The van der Waals surface area contributed by atoms with Crippen molar-refractivity contribution in [1.29, 1.82) is 0 Å². The van der Waals surface area contributed by atoms with Gasteiger partial charge in [0.2, 0.25) is 0 Å². The molecule has 2 aromatic carbocycles. The van der Waals surface area contributed by atoms with Gasteiger partial charge in [-0.05, 0) is 61.7 Å². The van der Waals surface area contributed by atoms with Gasteiger partial charge in [-0.1, -0.05) is 35.9 Å². The third-order valence-electron chi connectivity index (χ3n) is 5.77. The van der Waals surface area contributed by atoms with Crippen LogP contribution in [-0.4, -0.2) is 33.3 Å². The highest BCUT2D eigenvalue weighted by atomic mass is 16.5. The standard InChI is InChI=1S/C27H26N2O4/c1-4-33-21-11-12-22(18(3)14-21)25(30)23-24(20-9-7-17(2)8-10-20)29(27(32)26(23)31)16-19-6-5-13-28-15-19/h5-15,24,30H,4,16H2,1-3H3/b25-23+. The Balaban J connectivity index is 1.85. The molecule has 1 unspecified atom stereocenters. The number of aliphatic hydroxyl groups excluding tert-OH is 1. The number of hydrogen-bond acceptors (Lipinski definition) is 5. The monoisotopic (exact) mass is 442 g/mol. The lowest BCUT2D eigenvalue weighted by molar-refractivity contribution is -0.140. The van der Waals surface area contributed by atoms with Gasteiger partial charge in [-0.15, -0.1) is 0 Å². The number of hydrogen-bond donors (Lipinski definition) is 1. The smallest absolute Gasteiger partial charge is 0.295 e. The van der Waals surface area contributed by atoms with Gasteiger partial charge in [0.25, 0.3) is 11.7 Å². The summed E-state index contributed by atoms with van der Waals surface area (Å²) in [5.74, 6) is -0.850. The van der Waals surface area contributed by atoms with Crippen molar-refractivity contribution >= 4 is 17.4 Å². The SMILES string of the molecule is CCOc1ccc(/C(O)=C2\C(=O)C(=O)N(Cc3cccnc3)C2c2ccc(C)cc2)c(C)c1. The Morgan fingerprint density at radius 3 is 2.48 bits per heavy atom. The van der Waals surface area contributed by atoms with E-state index in [1.54, 1.807) is 30.6 Å². The molecule has 0 bridgehead atoms. The van der Waals surface area contributed by atoms with E-state index < -0.39 is 17.7 Å². The molecule has 0 saturated carbocycles. The van der Waals surface area contributed by atoms with E-state index >= 15 is 0 Å². The lowest BCUT2D eigenvalue weighted by Gasteiger charge is -2.25. The summed E-state index contributed by atoms with van der Waals surface area (Å²) in [5.41, 5.74) is 3.95. The summed E-state index contributed by atoms with van der Waals surface area (Å²) in [7, 11) is 0. The van der Waals surface area contributed by atoms with E-state index in [0.29, 0.717) is 17.9 Å². The van der Waals surface area contributed by atoms with Crippen molar-refractivity contribution in [3.05, 3.63) is 100 Å². The van der Waals surface area contributed by atoms with Gasteiger partial charge in [-0.3, -0.25) is 14.6 Å². The van der Waals surface area contributed by atoms with E-state index in [4.69, 9.17) is 4.74 Å². The Bertz CT molecular complexity index is 1220. The summed E-state index contributed by atoms with van der Waals surface area (Å²) in [6.07, 6.45) is 3.33. The van der Waals surface area contributed by atoms with E-state index in [9.17, 15) is 14.7 Å². The van der Waals surface area contributed by atoms with Crippen LogP contribution in [0.3, 0.4) is 0 Å². The first-order valence-electron chi connectivity index (χ1n) is 10.9. The summed E-state index contributed by atoms with van der Waals surface area (Å²) in [4.78, 5) is 31.9. The quantitative estimate of drug-likeness (QED) is 0.339. The maximum atomic E-state index is 13.2. The molecular formula is C27H26N2O4. The highest BCUT2D eigenvalue weighted by Gasteiger charge is 2.46. The van der Waals surface area contributed by atoms with Crippen molar-refractivity contribution in [1.82, 2.24) is 9.88 Å². The third-order valence-corrected chi connectivity index (χ3v) is 5.77. The molecule has 0 aliphatic carbocycles. The molecule has 1 saturated heterocycles. The second-order valence-corrected chi connectivity index (χ2v) is 8.11. The topological polar surface area (TPSA) is 79.7 Å². The van der Waals surface area contributed by atoms with E-state index in [2.05, 4.69) is 4.98 Å². The Hall–Kier alpha value is -3.93. The minimum atomic E-state index is -0.711. The first-order valence-corrected chi connectivity index (χ1v) is 10.9. The van der Waals surface area contributed by atoms with Gasteiger partial charge in [0.15, 0.2) is 0 Å². The number of ether oxygens (including phenoxy) is 1. The molecule has 6 nitrogen and oxygen atoms in total. The number of ketones is 1. The maximum Gasteiger partial charge on any atom is 0.295 e. The van der Waals surface area contributed by atoms with E-state index in [1.807, 2.05) is 57.2 Å². The van der Waals surface area contributed by atoms with Crippen LogP contribution in [0.1, 0.15) is 40.8 Å². The van der Waals surface area contributed by atoms with Crippen LogP contribution in [0.25, 0.3) is 5.76 Å². The van der Waals surface area contributed by atoms with Gasteiger partial charge < -0.3 is 14.7 Å². The van der Waals surface area contributed by atoms with Gasteiger partial charge >= 0.3 is 0 Å². The minimum absolute atomic E-state index is 0.0833. The predicted molar refractivity (Wildman–Crippen MR) is 126 cm³/mol. The Morgan fingerprint density at radius 1 is 1.09 bits per heavy atom. The Labute approximate surface area is 193 Å². The minimum Gasteiger partial charge on any atom is -0.507 e. The predicted octanol–water partition coefficient (Wildman–Crippen LogP) is 4.72. The number of pyridine rings is 1. The number of carbonyl (C=O) groups is 2. The number of aromatic nitrogens is 1. The molecule has 1 atom stereocenters. The number of rotatable bonds is 6. The molecule has 1 amide bonds. The zero-order chi connectivity index (χ0) is 23.5. The molecule has 3 aromatic rings. The summed E-state index contributed by atoms with van der Waals surface area (Å²) in [6, 6.07) is 15.9. The lowest BCUT2D eigenvalue weighted by Crippen LogP contribution is -2.29. The first-order chi connectivity index (χ1) is 15.9. The van der Waals surface area contributed by atoms with Crippen molar-refractivity contribution in [2.45, 2.75) is 33.4 Å². The summed E-state index contributed by atoms with van der Waals surface area (Å²) in [5, 5.41) is 11.3. The molecule has 0 radical (unpaired) electrons. The highest BCUT2D eigenvalue weighted by Crippen LogP contribution is 2.41. The van der Waals surface area contributed by atoms with Gasteiger partial charge in [0, 0.05) is 24.5 Å². The second-order valence-electron chi connectivity index (χ2n) is 8.11. The first kappa shape index (κ1) is 22.3. The number of aliphatic hydroxyl groups is 1. The van der Waals surface area contributed by atoms with E-state index in [-0.39, 0.29) is 17.9 Å². The molecule has 168 valence electrons. The Kier molecular flexibility index (Phi) is 6.27. The molecule has 0 spiro atoms. The zero-order valence-electron chi connectivity index (χ0n) is 18.9. The van der Waals surface area contributed by atoms with Crippen molar-refractivity contribution in [3.63, 3.8) is 0 Å². The largest absolute Gasteiger partial charge is 0.507 e. The molecule has 4 rings (SSSR count). The number of likely N-dealkylation sites (tertiary alicyclic amines) is 1. The molecule has 1 aliphatic heterocycles. The number of amides is 1. The molecule has 1 fully saturated rings. The number of carbonyl (C=O) groups excluding carboxylic acids is 2. The third kappa shape index (κ3) is 4.37. The van der Waals surface area contributed by atoms with Gasteiger partial charge in [-0.2, -0.15) is 0 Å². The fourth-order valence-electron chi connectivity index (χ4n) is 4.13. The normalized spacial score (nSPS) is 17.4. The van der Waals surface area contributed by atoms with Crippen LogP contribution in [0.5, 0.6) is 5.75 Å². The summed E-state index contributed by atoms with van der Waals surface area (Å²) >= 11 is 0. The number of nitrogens with zero attached hydrogens (tertiary/aromatic N) is 2.